The predicted molar refractivity (Wildman–Crippen MR) is 164 cm³/mol. The van der Waals surface area contributed by atoms with Crippen molar-refractivity contribution in [3.8, 4) is 21.7 Å². The van der Waals surface area contributed by atoms with Crippen LogP contribution < -0.4 is 21.5 Å². The van der Waals surface area contributed by atoms with E-state index in [-0.39, 0.29) is 22.7 Å². The summed E-state index contributed by atoms with van der Waals surface area (Å²) in [6, 6.07) is 4.89. The molecule has 11 nitrogen and oxygen atoms in total. The van der Waals surface area contributed by atoms with E-state index < -0.39 is 11.8 Å². The number of carbonyl (C=O) groups is 1. The molecule has 42 heavy (non-hydrogen) atoms. The fourth-order valence-electron chi connectivity index (χ4n) is 4.35. The average molecular weight is 588 g/mol. The molecular formula is C29H30FN9O2S. The summed E-state index contributed by atoms with van der Waals surface area (Å²) in [4.78, 5) is 49.4. The van der Waals surface area contributed by atoms with Crippen molar-refractivity contribution in [3.05, 3.63) is 70.4 Å². The molecule has 4 aromatic heterocycles. The van der Waals surface area contributed by atoms with Crippen LogP contribution in [0.15, 0.2) is 53.2 Å². The number of hydrogen-bond acceptors (Lipinski definition) is 9. The van der Waals surface area contributed by atoms with Crippen molar-refractivity contribution < 1.29 is 9.18 Å². The first kappa shape index (κ1) is 28.7. The molecule has 0 spiro atoms. The Hall–Kier alpha value is -4.78. The minimum absolute atomic E-state index is 0.103. The summed E-state index contributed by atoms with van der Waals surface area (Å²) < 4.78 is 16.5. The molecule has 0 saturated carbocycles. The van der Waals surface area contributed by atoms with Gasteiger partial charge in [-0.2, -0.15) is 4.98 Å². The number of carbonyl (C=O) groups excluding carboxylic acids is 1. The molecule has 5 rings (SSSR count). The molecule has 0 bridgehead atoms. The number of hydrogen-bond donors (Lipinski definition) is 3. The van der Waals surface area contributed by atoms with Crippen molar-refractivity contribution in [1.29, 1.82) is 0 Å². The van der Waals surface area contributed by atoms with Crippen molar-refractivity contribution in [1.82, 2.24) is 29.5 Å². The monoisotopic (exact) mass is 587 g/mol. The van der Waals surface area contributed by atoms with Gasteiger partial charge in [0.1, 0.15) is 23.0 Å². The quantitative estimate of drug-likeness (QED) is 0.217. The average Bonchev–Trinajstić information content (AvgIpc) is 3.48. The number of rotatable bonds is 6. The molecule has 0 aliphatic carbocycles. The first-order valence-electron chi connectivity index (χ1n) is 13.2. The van der Waals surface area contributed by atoms with Crippen LogP contribution in [0.5, 0.6) is 0 Å². The molecule has 0 aliphatic rings. The fraction of sp³-hybridized carbons (Fsp3) is 0.276. The molecule has 1 aromatic carbocycles. The van der Waals surface area contributed by atoms with Crippen molar-refractivity contribution in [2.45, 2.75) is 46.1 Å². The van der Waals surface area contributed by atoms with Crippen molar-refractivity contribution in [3.63, 3.8) is 0 Å². The molecule has 13 heteroatoms. The minimum Gasteiger partial charge on any atom is -0.357 e. The number of benzene rings is 1. The Morgan fingerprint density at radius 1 is 1.02 bits per heavy atom. The summed E-state index contributed by atoms with van der Waals surface area (Å²) in [7, 11) is 1.70. The van der Waals surface area contributed by atoms with Gasteiger partial charge in [0.15, 0.2) is 0 Å². The summed E-state index contributed by atoms with van der Waals surface area (Å²) in [5.74, 6) is 0.328. The highest BCUT2D eigenvalue weighted by Gasteiger charge is 2.22. The second-order valence-corrected chi connectivity index (χ2v) is 11.8. The Morgan fingerprint density at radius 3 is 2.45 bits per heavy atom. The third-order valence-corrected chi connectivity index (χ3v) is 7.19. The van der Waals surface area contributed by atoms with Crippen molar-refractivity contribution >= 4 is 45.7 Å². The first-order chi connectivity index (χ1) is 20.0. The largest absolute Gasteiger partial charge is 0.357 e. The van der Waals surface area contributed by atoms with Gasteiger partial charge in [0.2, 0.25) is 5.95 Å². The summed E-state index contributed by atoms with van der Waals surface area (Å²) in [5, 5.41) is 8.82. The van der Waals surface area contributed by atoms with Crippen LogP contribution in [0.3, 0.4) is 0 Å². The number of nitrogens with one attached hydrogen (secondary N) is 3. The Kier molecular flexibility index (Phi) is 7.69. The highest BCUT2D eigenvalue weighted by molar-refractivity contribution is 7.13. The number of aromatic nitrogens is 6. The van der Waals surface area contributed by atoms with E-state index in [1.807, 2.05) is 34.6 Å². The lowest BCUT2D eigenvalue weighted by Crippen LogP contribution is -2.25. The molecule has 0 saturated heterocycles. The molecule has 0 fully saturated rings. The number of nitrogens with zero attached hydrogens (tertiary/aromatic N) is 6. The molecule has 3 N–H and O–H groups in total. The maximum Gasteiger partial charge on any atom is 0.323 e. The van der Waals surface area contributed by atoms with Gasteiger partial charge >= 0.3 is 6.03 Å². The van der Waals surface area contributed by atoms with Crippen LogP contribution in [-0.2, 0) is 5.41 Å². The minimum atomic E-state index is -0.699. The summed E-state index contributed by atoms with van der Waals surface area (Å²) in [6.07, 6.45) is 4.81. The lowest BCUT2D eigenvalue weighted by Gasteiger charge is -2.19. The van der Waals surface area contributed by atoms with Gasteiger partial charge in [0, 0.05) is 41.8 Å². The standard InChI is InChI=1S/C29H30FN9O2S/c1-15(2)39-24-17(11-34-27(31-6)38-24)9-18(25(39)40)16-7-8-19(30)20(10-16)35-28(41)36-21-12-33-26(29(3,4)5)37-23(21)22-13-32-14-42-22/h7-15H,1-6H3,(H,31,34,38)(H2,35,36,41). The topological polar surface area (TPSA) is 140 Å². The number of fused-ring (bicyclic) bond motifs is 1. The lowest BCUT2D eigenvalue weighted by molar-refractivity contribution is 0.262. The number of amides is 2. The van der Waals surface area contributed by atoms with Crippen LogP contribution in [0, 0.1) is 5.82 Å². The second-order valence-electron chi connectivity index (χ2n) is 10.9. The van der Waals surface area contributed by atoms with Crippen LogP contribution >= 0.6 is 11.3 Å². The third-order valence-electron chi connectivity index (χ3n) is 6.41. The lowest BCUT2D eigenvalue weighted by atomic mass is 9.95. The van der Waals surface area contributed by atoms with Gasteiger partial charge in [-0.15, -0.1) is 11.3 Å². The van der Waals surface area contributed by atoms with E-state index in [4.69, 9.17) is 0 Å². The van der Waals surface area contributed by atoms with Crippen LogP contribution in [0.2, 0.25) is 0 Å². The molecule has 0 unspecified atom stereocenters. The Bertz CT molecular complexity index is 1850. The van der Waals surface area contributed by atoms with Crippen LogP contribution in [0.1, 0.15) is 46.5 Å². The zero-order chi connectivity index (χ0) is 30.2. The number of pyridine rings is 1. The molecule has 0 atom stereocenters. The molecule has 216 valence electrons. The molecular weight excluding hydrogens is 557 g/mol. The fourth-order valence-corrected chi connectivity index (χ4v) is 4.97. The SMILES string of the molecule is CNc1ncc2cc(-c3ccc(F)c(NC(=O)Nc4cnc(C(C)(C)C)nc4-c4cncs4)c3)c(=O)n(C(C)C)c2n1. The summed E-state index contributed by atoms with van der Waals surface area (Å²) >= 11 is 1.37. The second kappa shape index (κ2) is 11.2. The molecule has 2 amide bonds. The summed E-state index contributed by atoms with van der Waals surface area (Å²) in [5.41, 5.74) is 3.03. The zero-order valence-corrected chi connectivity index (χ0v) is 24.8. The maximum absolute atomic E-state index is 14.9. The highest BCUT2D eigenvalue weighted by Crippen LogP contribution is 2.31. The first-order valence-corrected chi connectivity index (χ1v) is 14.1. The molecule has 5 aromatic rings. The normalized spacial score (nSPS) is 11.6. The highest BCUT2D eigenvalue weighted by atomic mass is 32.1. The number of anilines is 3. The third kappa shape index (κ3) is 5.68. The van der Waals surface area contributed by atoms with E-state index in [0.717, 1.165) is 4.88 Å². The van der Waals surface area contributed by atoms with Gasteiger partial charge in [-0.3, -0.25) is 14.3 Å². The molecule has 0 radical (unpaired) electrons. The smallest absolute Gasteiger partial charge is 0.323 e. The van der Waals surface area contributed by atoms with E-state index in [0.29, 0.717) is 45.3 Å². The van der Waals surface area contributed by atoms with E-state index in [1.165, 1.54) is 35.7 Å². The van der Waals surface area contributed by atoms with E-state index in [1.54, 1.807) is 35.6 Å². The van der Waals surface area contributed by atoms with Gasteiger partial charge < -0.3 is 16.0 Å². The van der Waals surface area contributed by atoms with Crippen LogP contribution in [-0.4, -0.2) is 42.6 Å². The molecule has 4 heterocycles. The van der Waals surface area contributed by atoms with E-state index >= 15 is 0 Å². The van der Waals surface area contributed by atoms with Gasteiger partial charge in [0.25, 0.3) is 5.56 Å². The van der Waals surface area contributed by atoms with E-state index in [2.05, 4.69) is 40.9 Å². The summed E-state index contributed by atoms with van der Waals surface area (Å²) in [6.45, 7) is 9.74. The van der Waals surface area contributed by atoms with Gasteiger partial charge in [-0.25, -0.2) is 24.1 Å². The Morgan fingerprint density at radius 2 is 1.79 bits per heavy atom. The zero-order valence-electron chi connectivity index (χ0n) is 24.0. The van der Waals surface area contributed by atoms with Gasteiger partial charge in [-0.1, -0.05) is 26.8 Å². The van der Waals surface area contributed by atoms with Crippen LogP contribution in [0.4, 0.5) is 26.5 Å². The Labute approximate surface area is 245 Å². The number of halogens is 1. The number of urea groups is 1. The van der Waals surface area contributed by atoms with E-state index in [9.17, 15) is 14.0 Å². The van der Waals surface area contributed by atoms with Crippen molar-refractivity contribution in [2.24, 2.45) is 0 Å². The van der Waals surface area contributed by atoms with Crippen molar-refractivity contribution in [2.75, 3.05) is 23.0 Å². The van der Waals surface area contributed by atoms with Crippen LogP contribution in [0.25, 0.3) is 32.7 Å². The Balaban J connectivity index is 1.49. The van der Waals surface area contributed by atoms with Gasteiger partial charge in [-0.05, 0) is 37.6 Å². The maximum atomic E-state index is 14.9. The molecule has 0 aliphatic heterocycles. The van der Waals surface area contributed by atoms with Gasteiger partial charge in [0.05, 0.1) is 28.0 Å². The number of thiazole rings is 1. The predicted octanol–water partition coefficient (Wildman–Crippen LogP) is 6.08.